The molecule has 2 amide bonds. The van der Waals surface area contributed by atoms with E-state index in [4.69, 9.17) is 5.73 Å². The zero-order valence-corrected chi connectivity index (χ0v) is 12.3. The summed E-state index contributed by atoms with van der Waals surface area (Å²) in [4.78, 5) is 26.0. The average Bonchev–Trinajstić information content (AvgIpc) is 2.74. The number of hydrogen-bond donors (Lipinski definition) is 1. The minimum atomic E-state index is -0.343. The number of thiophene rings is 1. The van der Waals surface area contributed by atoms with Gasteiger partial charge in [0.15, 0.2) is 0 Å². The lowest BCUT2D eigenvalue weighted by molar-refractivity contribution is -0.119. The number of halogens is 1. The van der Waals surface area contributed by atoms with E-state index in [0.717, 1.165) is 23.7 Å². The van der Waals surface area contributed by atoms with Crippen molar-refractivity contribution >= 4 is 39.1 Å². The molecule has 1 fully saturated rings. The van der Waals surface area contributed by atoms with Crippen molar-refractivity contribution < 1.29 is 9.59 Å². The van der Waals surface area contributed by atoms with E-state index >= 15 is 0 Å². The van der Waals surface area contributed by atoms with Gasteiger partial charge in [-0.25, -0.2) is 0 Å². The normalized spacial score (nSPS) is 19.8. The van der Waals surface area contributed by atoms with Crippen molar-refractivity contribution in [1.29, 1.82) is 0 Å². The molecule has 0 saturated carbocycles. The van der Waals surface area contributed by atoms with Gasteiger partial charge in [-0.15, -0.1) is 11.3 Å². The highest BCUT2D eigenvalue weighted by molar-refractivity contribution is 9.10. The zero-order valence-electron chi connectivity index (χ0n) is 9.89. The maximum atomic E-state index is 12.4. The highest BCUT2D eigenvalue weighted by atomic mass is 79.9. The smallest absolute Gasteiger partial charge is 0.265 e. The summed E-state index contributed by atoms with van der Waals surface area (Å²) >= 11 is 4.79. The van der Waals surface area contributed by atoms with Crippen LogP contribution in [0.3, 0.4) is 0 Å². The molecule has 0 unspecified atom stereocenters. The Morgan fingerprint density at radius 1 is 1.50 bits per heavy atom. The largest absolute Gasteiger partial charge is 0.370 e. The van der Waals surface area contributed by atoms with E-state index in [1.807, 2.05) is 11.4 Å². The van der Waals surface area contributed by atoms with Gasteiger partial charge in [0, 0.05) is 23.5 Å². The number of nitrogens with two attached hydrogens (primary N) is 1. The third-order valence-corrected chi connectivity index (χ3v) is 4.96. The summed E-state index contributed by atoms with van der Waals surface area (Å²) in [6, 6.07) is 1.82. The Hall–Kier alpha value is -0.880. The maximum absolute atomic E-state index is 12.4. The third kappa shape index (κ3) is 2.92. The Labute approximate surface area is 118 Å². The summed E-state index contributed by atoms with van der Waals surface area (Å²) in [5.41, 5.74) is 5.25. The van der Waals surface area contributed by atoms with Crippen LogP contribution < -0.4 is 5.73 Å². The number of primary amides is 1. The number of likely N-dealkylation sites (tertiary alicyclic amines) is 1. The lowest BCUT2D eigenvalue weighted by Crippen LogP contribution is -2.45. The lowest BCUT2D eigenvalue weighted by Gasteiger charge is -2.35. The number of piperidine rings is 1. The first kappa shape index (κ1) is 13.5. The highest BCUT2D eigenvalue weighted by Crippen LogP contribution is 2.28. The van der Waals surface area contributed by atoms with Gasteiger partial charge in [0.1, 0.15) is 4.88 Å². The molecule has 0 aliphatic carbocycles. The molecule has 0 bridgehead atoms. The van der Waals surface area contributed by atoms with Gasteiger partial charge in [-0.1, -0.05) is 0 Å². The van der Waals surface area contributed by atoms with E-state index in [9.17, 15) is 9.59 Å². The molecule has 1 aromatic heterocycles. The van der Waals surface area contributed by atoms with E-state index in [-0.39, 0.29) is 24.3 Å². The van der Waals surface area contributed by atoms with Gasteiger partial charge in [-0.2, -0.15) is 0 Å². The number of hydrogen-bond acceptors (Lipinski definition) is 3. The molecule has 1 aliphatic heterocycles. The second kappa shape index (κ2) is 5.84. The molecule has 2 N–H and O–H groups in total. The molecule has 2 rings (SSSR count). The van der Waals surface area contributed by atoms with Crippen molar-refractivity contribution in [2.75, 3.05) is 6.54 Å². The van der Waals surface area contributed by atoms with Crippen LogP contribution in [0.2, 0.25) is 0 Å². The van der Waals surface area contributed by atoms with Crippen LogP contribution in [-0.4, -0.2) is 29.3 Å². The van der Waals surface area contributed by atoms with E-state index in [1.54, 1.807) is 4.90 Å². The van der Waals surface area contributed by atoms with Gasteiger partial charge in [0.25, 0.3) is 5.91 Å². The minimum Gasteiger partial charge on any atom is -0.370 e. The molecule has 1 aliphatic rings. The Bertz CT molecular complexity index is 461. The van der Waals surface area contributed by atoms with E-state index in [2.05, 4.69) is 15.9 Å². The molecule has 1 saturated heterocycles. The quantitative estimate of drug-likeness (QED) is 0.924. The van der Waals surface area contributed by atoms with Gasteiger partial charge in [-0.05, 0) is 46.6 Å². The number of carbonyl (C=O) groups excluding carboxylic acids is 2. The molecule has 6 heteroatoms. The van der Waals surface area contributed by atoms with E-state index < -0.39 is 0 Å². The van der Waals surface area contributed by atoms with Crippen molar-refractivity contribution in [3.8, 4) is 0 Å². The van der Waals surface area contributed by atoms with Gasteiger partial charge < -0.3 is 10.6 Å². The van der Waals surface area contributed by atoms with Crippen LogP contribution >= 0.6 is 27.3 Å². The van der Waals surface area contributed by atoms with Gasteiger partial charge in [0.2, 0.25) is 5.91 Å². The van der Waals surface area contributed by atoms with Crippen molar-refractivity contribution in [3.63, 3.8) is 0 Å². The Morgan fingerprint density at radius 2 is 2.28 bits per heavy atom. The van der Waals surface area contributed by atoms with Gasteiger partial charge >= 0.3 is 0 Å². The Balaban J connectivity index is 2.16. The summed E-state index contributed by atoms with van der Waals surface area (Å²) in [6.07, 6.45) is 3.16. The number of rotatable bonds is 3. The van der Waals surface area contributed by atoms with Crippen LogP contribution in [0.5, 0.6) is 0 Å². The molecule has 4 nitrogen and oxygen atoms in total. The van der Waals surface area contributed by atoms with Crippen molar-refractivity contribution in [2.24, 2.45) is 5.73 Å². The molecule has 18 heavy (non-hydrogen) atoms. The van der Waals surface area contributed by atoms with Gasteiger partial charge in [0.05, 0.1) is 0 Å². The number of nitrogens with zero attached hydrogens (tertiary/aromatic N) is 1. The van der Waals surface area contributed by atoms with Crippen LogP contribution in [0.1, 0.15) is 35.4 Å². The van der Waals surface area contributed by atoms with Gasteiger partial charge in [-0.3, -0.25) is 9.59 Å². The Morgan fingerprint density at radius 3 is 2.89 bits per heavy atom. The fourth-order valence-electron chi connectivity index (χ4n) is 2.29. The second-order valence-corrected chi connectivity index (χ2v) is 6.19. The monoisotopic (exact) mass is 330 g/mol. The minimum absolute atomic E-state index is 0.00262. The van der Waals surface area contributed by atoms with Crippen LogP contribution in [0.4, 0.5) is 0 Å². The molecular weight excluding hydrogens is 316 g/mol. The topological polar surface area (TPSA) is 63.4 Å². The molecule has 1 atom stereocenters. The first-order valence-corrected chi connectivity index (χ1v) is 7.59. The van der Waals surface area contributed by atoms with Crippen molar-refractivity contribution in [1.82, 2.24) is 4.90 Å². The predicted molar refractivity (Wildman–Crippen MR) is 74.5 cm³/mol. The first-order valence-electron chi connectivity index (χ1n) is 5.92. The second-order valence-electron chi connectivity index (χ2n) is 4.42. The zero-order chi connectivity index (χ0) is 13.1. The summed E-state index contributed by atoms with van der Waals surface area (Å²) in [5, 5.41) is 1.88. The van der Waals surface area contributed by atoms with Crippen LogP contribution in [0.25, 0.3) is 0 Å². The standard InChI is InChI=1S/C12H15BrN2O2S/c13-9-4-6-18-11(9)12(17)15-5-2-1-3-8(15)7-10(14)16/h4,6,8H,1-3,5,7H2,(H2,14,16)/t8-/m0/s1. The summed E-state index contributed by atoms with van der Waals surface area (Å²) in [6.45, 7) is 0.709. The first-order chi connectivity index (χ1) is 8.59. The molecular formula is C12H15BrN2O2S. The van der Waals surface area contributed by atoms with Crippen LogP contribution in [0, 0.1) is 0 Å². The maximum Gasteiger partial charge on any atom is 0.265 e. The average molecular weight is 331 g/mol. The molecule has 2 heterocycles. The SMILES string of the molecule is NC(=O)C[C@@H]1CCCCN1C(=O)c1sccc1Br. The van der Waals surface area contributed by atoms with Crippen molar-refractivity contribution in [2.45, 2.75) is 31.7 Å². The molecule has 0 radical (unpaired) electrons. The fraction of sp³-hybridized carbons (Fsp3) is 0.500. The highest BCUT2D eigenvalue weighted by Gasteiger charge is 2.29. The number of carbonyl (C=O) groups is 2. The number of amides is 2. The summed E-state index contributed by atoms with van der Waals surface area (Å²) in [5.74, 6) is -0.340. The summed E-state index contributed by atoms with van der Waals surface area (Å²) in [7, 11) is 0. The van der Waals surface area contributed by atoms with Crippen LogP contribution in [0.15, 0.2) is 15.9 Å². The fourth-order valence-corrected chi connectivity index (χ4v) is 3.79. The van der Waals surface area contributed by atoms with E-state index in [0.29, 0.717) is 11.4 Å². The third-order valence-electron chi connectivity index (χ3n) is 3.14. The predicted octanol–water partition coefficient (Wildman–Crippen LogP) is 2.38. The van der Waals surface area contributed by atoms with Crippen LogP contribution in [-0.2, 0) is 4.79 Å². The molecule has 1 aromatic rings. The molecule has 98 valence electrons. The summed E-state index contributed by atoms with van der Waals surface area (Å²) < 4.78 is 0.820. The van der Waals surface area contributed by atoms with Crippen molar-refractivity contribution in [3.05, 3.63) is 20.8 Å². The van der Waals surface area contributed by atoms with E-state index in [1.165, 1.54) is 11.3 Å². The molecule has 0 spiro atoms. The molecule has 0 aromatic carbocycles. The lowest BCUT2D eigenvalue weighted by atomic mass is 9.99. The Kier molecular flexibility index (Phi) is 4.40.